The van der Waals surface area contributed by atoms with E-state index in [1.54, 1.807) is 12.3 Å². The van der Waals surface area contributed by atoms with Gasteiger partial charge in [0.2, 0.25) is 0 Å². The van der Waals surface area contributed by atoms with E-state index in [1.807, 2.05) is 54.6 Å². The summed E-state index contributed by atoms with van der Waals surface area (Å²) in [5, 5.41) is 15.0. The maximum atomic E-state index is 12.9. The molecule has 0 saturated heterocycles. The van der Waals surface area contributed by atoms with Crippen LogP contribution in [0, 0.1) is 11.3 Å². The minimum Gasteiger partial charge on any atom is -0.462 e. The number of allylic oxidation sites excluding steroid dienone is 2. The zero-order valence-electron chi connectivity index (χ0n) is 16.7. The van der Waals surface area contributed by atoms with E-state index >= 15 is 0 Å². The molecule has 0 spiro atoms. The molecule has 7 nitrogen and oxygen atoms in total. The summed E-state index contributed by atoms with van der Waals surface area (Å²) in [7, 11) is 0. The molecule has 0 amide bonds. The van der Waals surface area contributed by atoms with Crippen LogP contribution < -0.4 is 11.1 Å². The highest BCUT2D eigenvalue weighted by atomic mass is 32.2. The number of aromatic nitrogens is 2. The van der Waals surface area contributed by atoms with Crippen molar-refractivity contribution in [2.75, 3.05) is 6.61 Å². The molecule has 0 bridgehead atoms. The van der Waals surface area contributed by atoms with E-state index < -0.39 is 5.97 Å². The number of aromatic amines is 1. The number of carbonyl (C=O) groups excluding carboxylic acids is 1. The third-order valence-electron chi connectivity index (χ3n) is 4.61. The first-order valence-corrected chi connectivity index (χ1v) is 10.5. The molecule has 2 heterocycles. The molecule has 2 aromatic carbocycles. The fourth-order valence-electron chi connectivity index (χ4n) is 3.18. The predicted molar refractivity (Wildman–Crippen MR) is 122 cm³/mol. The summed E-state index contributed by atoms with van der Waals surface area (Å²) in [5.74, 6) is -0.0348. The van der Waals surface area contributed by atoms with Gasteiger partial charge in [-0.25, -0.2) is 9.78 Å². The number of carbonyl (C=O) groups is 1. The Hall–Kier alpha value is -3.96. The Labute approximate surface area is 183 Å². The molecule has 0 unspecified atom stereocenters. The summed E-state index contributed by atoms with van der Waals surface area (Å²) < 4.78 is 5.30. The van der Waals surface area contributed by atoms with Gasteiger partial charge >= 0.3 is 5.97 Å². The molecule has 31 heavy (non-hydrogen) atoms. The summed E-state index contributed by atoms with van der Waals surface area (Å²) in [6, 6.07) is 19.1. The highest BCUT2D eigenvalue weighted by Crippen LogP contribution is 2.35. The number of rotatable bonds is 4. The maximum absolute atomic E-state index is 12.9. The van der Waals surface area contributed by atoms with Gasteiger partial charge in [-0.3, -0.25) is 0 Å². The van der Waals surface area contributed by atoms with Gasteiger partial charge in [-0.2, -0.15) is 5.26 Å². The quantitative estimate of drug-likeness (QED) is 0.426. The predicted octanol–water partition coefficient (Wildman–Crippen LogP) is 3.87. The smallest absolute Gasteiger partial charge is 0.344 e. The van der Waals surface area contributed by atoms with Gasteiger partial charge in [0.05, 0.1) is 22.7 Å². The number of hydrogen-bond acceptors (Lipinski definition) is 7. The lowest BCUT2D eigenvalue weighted by atomic mass is 10.0. The van der Waals surface area contributed by atoms with Crippen LogP contribution in [0.4, 0.5) is 0 Å². The Morgan fingerprint density at radius 3 is 2.65 bits per heavy atom. The molecule has 154 valence electrons. The number of fused-ring (bicyclic) bond motifs is 1. The van der Waals surface area contributed by atoms with Gasteiger partial charge in [0.1, 0.15) is 28.9 Å². The molecule has 4 rings (SSSR count). The van der Waals surface area contributed by atoms with Gasteiger partial charge in [0, 0.05) is 5.57 Å². The highest BCUT2D eigenvalue weighted by molar-refractivity contribution is 8.06. The zero-order valence-corrected chi connectivity index (χ0v) is 17.5. The molecule has 1 aliphatic heterocycles. The molecule has 0 fully saturated rings. The number of nitrogens with zero attached hydrogens (tertiary/aromatic N) is 2. The lowest BCUT2D eigenvalue weighted by Gasteiger charge is -2.12. The number of para-hydroxylation sites is 2. The molecule has 4 N–H and O–H groups in total. The van der Waals surface area contributed by atoms with Crippen molar-refractivity contribution < 1.29 is 9.53 Å². The Kier molecular flexibility index (Phi) is 5.78. The first-order chi connectivity index (χ1) is 15.1. The van der Waals surface area contributed by atoms with Crippen LogP contribution in [0.5, 0.6) is 0 Å². The van der Waals surface area contributed by atoms with E-state index in [9.17, 15) is 10.1 Å². The number of nitrogens with two attached hydrogens (primary N) is 1. The SMILES string of the molecule is CCOC(=O)/C(=C1\NC(N)=C(C#N)C(c2ccccc2)=CS1)c1nc2ccccc2[nH]1. The number of nitriles is 1. The Morgan fingerprint density at radius 2 is 1.94 bits per heavy atom. The molecule has 1 aromatic heterocycles. The van der Waals surface area contributed by atoms with Gasteiger partial charge < -0.3 is 20.8 Å². The van der Waals surface area contributed by atoms with Crippen LogP contribution in [0.25, 0.3) is 22.2 Å². The summed E-state index contributed by atoms with van der Waals surface area (Å²) in [6.07, 6.45) is 0. The van der Waals surface area contributed by atoms with Crippen LogP contribution in [0.15, 0.2) is 76.4 Å². The lowest BCUT2D eigenvalue weighted by molar-refractivity contribution is -0.136. The van der Waals surface area contributed by atoms with Gasteiger partial charge in [-0.1, -0.05) is 54.2 Å². The van der Waals surface area contributed by atoms with Crippen LogP contribution in [-0.2, 0) is 9.53 Å². The molecule has 8 heteroatoms. The number of benzene rings is 2. The summed E-state index contributed by atoms with van der Waals surface area (Å²) in [5.41, 5.74) is 9.79. The number of H-pyrrole nitrogens is 1. The van der Waals surface area contributed by atoms with E-state index in [-0.39, 0.29) is 18.0 Å². The minimum atomic E-state index is -0.542. The van der Waals surface area contributed by atoms with Crippen LogP contribution in [-0.4, -0.2) is 22.5 Å². The van der Waals surface area contributed by atoms with Crippen LogP contribution in [0.2, 0.25) is 0 Å². The highest BCUT2D eigenvalue weighted by Gasteiger charge is 2.26. The number of esters is 1. The maximum Gasteiger partial charge on any atom is 0.344 e. The molecule has 0 atom stereocenters. The fraction of sp³-hybridized carbons (Fsp3) is 0.0870. The third kappa shape index (κ3) is 4.04. The largest absolute Gasteiger partial charge is 0.462 e. The van der Waals surface area contributed by atoms with Crippen molar-refractivity contribution in [1.82, 2.24) is 15.3 Å². The van der Waals surface area contributed by atoms with Crippen molar-refractivity contribution in [2.24, 2.45) is 5.73 Å². The Balaban J connectivity index is 1.88. The topological polar surface area (TPSA) is 117 Å². The van der Waals surface area contributed by atoms with Gasteiger partial charge in [0.25, 0.3) is 0 Å². The normalized spacial score (nSPS) is 15.5. The van der Waals surface area contributed by atoms with Gasteiger partial charge in [-0.15, -0.1) is 0 Å². The minimum absolute atomic E-state index is 0.149. The molecular formula is C23H19N5O2S. The van der Waals surface area contributed by atoms with Gasteiger partial charge in [0.15, 0.2) is 0 Å². The van der Waals surface area contributed by atoms with E-state index in [2.05, 4.69) is 21.4 Å². The summed E-state index contributed by atoms with van der Waals surface area (Å²) in [4.78, 5) is 20.6. The van der Waals surface area contributed by atoms with E-state index in [4.69, 9.17) is 10.5 Å². The second-order valence-corrected chi connectivity index (χ2v) is 7.45. The molecule has 3 aromatic rings. The Bertz CT molecular complexity index is 1250. The number of imidazole rings is 1. The second kappa shape index (κ2) is 8.81. The van der Waals surface area contributed by atoms with Crippen LogP contribution in [0.3, 0.4) is 0 Å². The second-order valence-electron chi connectivity index (χ2n) is 6.57. The third-order valence-corrected chi connectivity index (χ3v) is 5.51. The Morgan fingerprint density at radius 1 is 1.19 bits per heavy atom. The van der Waals surface area contributed by atoms with Crippen molar-refractivity contribution in [2.45, 2.75) is 6.92 Å². The lowest BCUT2D eigenvalue weighted by Crippen LogP contribution is -2.23. The van der Waals surface area contributed by atoms with E-state index in [0.717, 1.165) is 16.6 Å². The molecule has 0 saturated carbocycles. The van der Waals surface area contributed by atoms with E-state index in [1.165, 1.54) is 11.8 Å². The fourth-order valence-corrected chi connectivity index (χ4v) is 4.14. The van der Waals surface area contributed by atoms with Crippen molar-refractivity contribution in [3.8, 4) is 6.07 Å². The van der Waals surface area contributed by atoms with Crippen molar-refractivity contribution in [3.05, 3.63) is 87.8 Å². The van der Waals surface area contributed by atoms with Crippen molar-refractivity contribution in [1.29, 1.82) is 5.26 Å². The van der Waals surface area contributed by atoms with Gasteiger partial charge in [-0.05, 0) is 30.0 Å². The molecular weight excluding hydrogens is 410 g/mol. The zero-order chi connectivity index (χ0) is 21.8. The average molecular weight is 430 g/mol. The van der Waals surface area contributed by atoms with Crippen LogP contribution >= 0.6 is 11.8 Å². The summed E-state index contributed by atoms with van der Waals surface area (Å²) in [6.45, 7) is 1.95. The average Bonchev–Trinajstić information content (AvgIpc) is 3.13. The van der Waals surface area contributed by atoms with Crippen molar-refractivity contribution >= 4 is 39.9 Å². The number of ether oxygens (including phenoxy) is 1. The van der Waals surface area contributed by atoms with Crippen molar-refractivity contribution in [3.63, 3.8) is 0 Å². The molecule has 0 radical (unpaired) electrons. The monoisotopic (exact) mass is 429 g/mol. The molecule has 0 aliphatic carbocycles. The standard InChI is InChI=1S/C23H19N5O2S/c1-2-30-23(29)19(21-26-17-10-6-7-11-18(17)27-21)22-28-20(25)15(12-24)16(13-31-22)14-8-4-3-5-9-14/h3-11,13,28H,2,25H2,1H3,(H,26,27)/b22-19+. The number of thioether (sulfide) groups is 1. The van der Waals surface area contributed by atoms with E-state index in [0.29, 0.717) is 22.0 Å². The number of hydrogen-bond donors (Lipinski definition) is 3. The van der Waals surface area contributed by atoms with Crippen LogP contribution in [0.1, 0.15) is 18.3 Å². The first kappa shape index (κ1) is 20.3. The molecule has 1 aliphatic rings. The number of nitrogens with one attached hydrogen (secondary N) is 2. The first-order valence-electron chi connectivity index (χ1n) is 9.58. The summed E-state index contributed by atoms with van der Waals surface area (Å²) >= 11 is 1.25.